The van der Waals surface area contributed by atoms with Gasteiger partial charge in [-0.25, -0.2) is 0 Å². The molecule has 0 aliphatic rings. The van der Waals surface area contributed by atoms with Gasteiger partial charge >= 0.3 is 0 Å². The summed E-state index contributed by atoms with van der Waals surface area (Å²) in [6, 6.07) is 4.00. The molecule has 10 heavy (non-hydrogen) atoms. The van der Waals surface area contributed by atoms with Crippen LogP contribution in [-0.2, 0) is 0 Å². The van der Waals surface area contributed by atoms with Crippen LogP contribution in [0.3, 0.4) is 0 Å². The summed E-state index contributed by atoms with van der Waals surface area (Å²) >= 11 is 0. The van der Waals surface area contributed by atoms with Crippen LogP contribution in [-0.4, -0.2) is 0 Å². The largest absolute Gasteiger partial charge is 0.289 e. The molecule has 2 rings (SSSR count). The number of fused-ring (bicyclic) bond motifs is 1. The van der Waals surface area contributed by atoms with E-state index in [0.717, 1.165) is 21.9 Å². The molecule has 50 valence electrons. The van der Waals surface area contributed by atoms with Gasteiger partial charge in [-0.05, 0) is 25.0 Å². The van der Waals surface area contributed by atoms with E-state index in [-0.39, 0.29) is 5.43 Å². The Morgan fingerprint density at radius 1 is 1.00 bits per heavy atom. The lowest BCUT2D eigenvalue weighted by Gasteiger charge is -1.87. The van der Waals surface area contributed by atoms with Gasteiger partial charge in [0, 0.05) is 10.8 Å². The van der Waals surface area contributed by atoms with Crippen LogP contribution < -0.4 is 5.43 Å². The van der Waals surface area contributed by atoms with E-state index >= 15 is 0 Å². The van der Waals surface area contributed by atoms with Crippen LogP contribution in [0, 0.1) is 13.8 Å². The lowest BCUT2D eigenvalue weighted by molar-refractivity contribution is 1.50. The summed E-state index contributed by atoms with van der Waals surface area (Å²) in [6.07, 6.45) is 0. The Labute approximate surface area is 59.0 Å². The number of hydrogen-bond donors (Lipinski definition) is 0. The molecule has 0 saturated carbocycles. The van der Waals surface area contributed by atoms with E-state index in [1.165, 1.54) is 0 Å². The topological polar surface area (TPSA) is 17.1 Å². The third-order valence-electron chi connectivity index (χ3n) is 2.01. The second kappa shape index (κ2) is 1.48. The molecule has 0 amide bonds. The zero-order valence-electron chi connectivity index (χ0n) is 6.06. The Morgan fingerprint density at radius 2 is 1.40 bits per heavy atom. The van der Waals surface area contributed by atoms with Crippen LogP contribution in [0.4, 0.5) is 0 Å². The zero-order chi connectivity index (χ0) is 7.30. The summed E-state index contributed by atoms with van der Waals surface area (Å²) in [7, 11) is 0. The molecule has 0 saturated heterocycles. The molecule has 0 fully saturated rings. The molecule has 1 nitrogen and oxygen atoms in total. The van der Waals surface area contributed by atoms with Gasteiger partial charge in [0.05, 0.1) is 0 Å². The molecule has 0 spiro atoms. The van der Waals surface area contributed by atoms with Crippen molar-refractivity contribution in [2.45, 2.75) is 13.8 Å². The minimum atomic E-state index is 0.250. The van der Waals surface area contributed by atoms with Gasteiger partial charge in [-0.15, -0.1) is 0 Å². The van der Waals surface area contributed by atoms with Gasteiger partial charge in [0.15, 0.2) is 5.43 Å². The first-order valence-corrected chi connectivity index (χ1v) is 3.36. The Morgan fingerprint density at radius 3 is 1.80 bits per heavy atom. The third kappa shape index (κ3) is 0.499. The number of benzene rings is 1. The molecule has 0 aromatic heterocycles. The Bertz CT molecular complexity index is 366. The van der Waals surface area contributed by atoms with Gasteiger partial charge in [0.1, 0.15) is 0 Å². The molecule has 0 N–H and O–H groups in total. The normalized spacial score (nSPS) is 11.4. The van der Waals surface area contributed by atoms with Gasteiger partial charge in [-0.1, -0.05) is 12.1 Å². The smallest absolute Gasteiger partial charge is 0.195 e. The summed E-state index contributed by atoms with van der Waals surface area (Å²) in [4.78, 5) is 11.0. The van der Waals surface area contributed by atoms with E-state index in [1.807, 2.05) is 26.0 Å². The predicted molar refractivity (Wildman–Crippen MR) is 42.1 cm³/mol. The van der Waals surface area contributed by atoms with Crippen LogP contribution in [0.5, 0.6) is 0 Å². The van der Waals surface area contributed by atoms with Gasteiger partial charge < -0.3 is 0 Å². The highest BCUT2D eigenvalue weighted by Gasteiger charge is 2.15. The van der Waals surface area contributed by atoms with Crippen molar-refractivity contribution in [2.75, 3.05) is 0 Å². The van der Waals surface area contributed by atoms with E-state index in [2.05, 4.69) is 0 Å². The molecular formula is C9H8O. The maximum atomic E-state index is 11.0. The average molecular weight is 132 g/mol. The predicted octanol–water partition coefficient (Wildman–Crippen LogP) is 1.69. The summed E-state index contributed by atoms with van der Waals surface area (Å²) in [5.41, 5.74) is 2.48. The second-order valence-corrected chi connectivity index (χ2v) is 2.78. The molecule has 0 aliphatic heterocycles. The first kappa shape index (κ1) is 5.66. The third-order valence-corrected chi connectivity index (χ3v) is 2.01. The molecular weight excluding hydrogens is 124 g/mol. The maximum absolute atomic E-state index is 11.0. The first-order valence-electron chi connectivity index (χ1n) is 3.36. The zero-order valence-corrected chi connectivity index (χ0v) is 6.06. The highest BCUT2D eigenvalue weighted by molar-refractivity contribution is 6.02. The van der Waals surface area contributed by atoms with Gasteiger partial charge in [-0.2, -0.15) is 0 Å². The highest BCUT2D eigenvalue weighted by Crippen LogP contribution is 2.22. The van der Waals surface area contributed by atoms with E-state index in [0.29, 0.717) is 0 Å². The highest BCUT2D eigenvalue weighted by atomic mass is 16.1. The first-order chi connectivity index (χ1) is 4.72. The minimum absolute atomic E-state index is 0.250. The quantitative estimate of drug-likeness (QED) is 0.533. The van der Waals surface area contributed by atoms with E-state index in [1.54, 1.807) is 0 Å². The van der Waals surface area contributed by atoms with Crippen LogP contribution >= 0.6 is 0 Å². The summed E-state index contributed by atoms with van der Waals surface area (Å²) in [5.74, 6) is 0. The lowest BCUT2D eigenvalue weighted by atomic mass is 10.2. The monoisotopic (exact) mass is 132 g/mol. The Kier molecular flexibility index (Phi) is 0.839. The maximum Gasteiger partial charge on any atom is 0.195 e. The molecule has 0 atom stereocenters. The number of aryl methyl sites for hydroxylation is 2. The van der Waals surface area contributed by atoms with Crippen molar-refractivity contribution in [3.8, 4) is 0 Å². The summed E-state index contributed by atoms with van der Waals surface area (Å²) in [5, 5.41) is 1.92. The van der Waals surface area contributed by atoms with Gasteiger partial charge in [-0.3, -0.25) is 4.79 Å². The SMILES string of the molecule is Cc1ccc(C)c2c(=O)c12. The molecule has 1 heteroatoms. The Hall–Kier alpha value is -1.11. The number of hydrogen-bond acceptors (Lipinski definition) is 1. The Balaban J connectivity index is 2.95. The minimum Gasteiger partial charge on any atom is -0.289 e. The lowest BCUT2D eigenvalue weighted by Crippen LogP contribution is -1.70. The summed E-state index contributed by atoms with van der Waals surface area (Å²) in [6.45, 7) is 3.95. The standard InChI is InChI=1S/C9H8O/c1-5-3-4-6(2)8-7(5)9(8)10/h3-4H,1-2H3. The van der Waals surface area contributed by atoms with Crippen molar-refractivity contribution in [1.82, 2.24) is 0 Å². The second-order valence-electron chi connectivity index (χ2n) is 2.78. The molecule has 0 heterocycles. The van der Waals surface area contributed by atoms with Crippen molar-refractivity contribution in [1.29, 1.82) is 0 Å². The van der Waals surface area contributed by atoms with Crippen molar-refractivity contribution in [3.05, 3.63) is 33.5 Å². The van der Waals surface area contributed by atoms with Crippen molar-refractivity contribution < 1.29 is 0 Å². The molecule has 2 aromatic rings. The van der Waals surface area contributed by atoms with Crippen molar-refractivity contribution in [3.63, 3.8) is 0 Å². The van der Waals surface area contributed by atoms with Crippen molar-refractivity contribution in [2.24, 2.45) is 0 Å². The molecule has 0 radical (unpaired) electrons. The fourth-order valence-corrected chi connectivity index (χ4v) is 1.34. The molecule has 0 bridgehead atoms. The van der Waals surface area contributed by atoms with Crippen LogP contribution in [0.2, 0.25) is 0 Å². The van der Waals surface area contributed by atoms with Crippen LogP contribution in [0.15, 0.2) is 16.9 Å². The van der Waals surface area contributed by atoms with E-state index in [9.17, 15) is 4.79 Å². The molecule has 2 aromatic carbocycles. The molecule has 0 aliphatic carbocycles. The fraction of sp³-hybridized carbons (Fsp3) is 0.222. The fourth-order valence-electron chi connectivity index (χ4n) is 1.34. The van der Waals surface area contributed by atoms with E-state index in [4.69, 9.17) is 0 Å². The molecule has 0 unspecified atom stereocenters. The summed E-state index contributed by atoms with van der Waals surface area (Å²) < 4.78 is 0. The van der Waals surface area contributed by atoms with E-state index < -0.39 is 0 Å². The average Bonchev–Trinajstić information content (AvgIpc) is 2.55. The van der Waals surface area contributed by atoms with Crippen LogP contribution in [0.25, 0.3) is 10.8 Å². The van der Waals surface area contributed by atoms with Crippen molar-refractivity contribution >= 4 is 10.8 Å². The number of rotatable bonds is 0. The van der Waals surface area contributed by atoms with Gasteiger partial charge in [0.2, 0.25) is 0 Å². The van der Waals surface area contributed by atoms with Gasteiger partial charge in [0.25, 0.3) is 0 Å². The van der Waals surface area contributed by atoms with Crippen LogP contribution in [0.1, 0.15) is 11.1 Å².